The zero-order valence-corrected chi connectivity index (χ0v) is 21.6. The molecule has 0 aliphatic rings. The van der Waals surface area contributed by atoms with Crippen LogP contribution in [-0.2, 0) is 19.1 Å². The summed E-state index contributed by atoms with van der Waals surface area (Å²) >= 11 is 0. The first kappa shape index (κ1) is 29.7. The molecule has 0 aliphatic carbocycles. The molecule has 1 aromatic rings. The Labute approximate surface area is 208 Å². The van der Waals surface area contributed by atoms with E-state index in [9.17, 15) is 19.2 Å². The molecule has 4 amide bonds. The van der Waals surface area contributed by atoms with E-state index < -0.39 is 35.6 Å². The van der Waals surface area contributed by atoms with Crippen LogP contribution in [0.2, 0.25) is 0 Å². The second-order valence-corrected chi connectivity index (χ2v) is 9.44. The lowest BCUT2D eigenvalue weighted by molar-refractivity contribution is -0.142. The highest BCUT2D eigenvalue weighted by Crippen LogP contribution is 2.24. The van der Waals surface area contributed by atoms with Gasteiger partial charge in [-0.25, -0.2) is 4.79 Å². The number of hydrogen-bond donors (Lipinski definition) is 3. The van der Waals surface area contributed by atoms with Crippen molar-refractivity contribution in [1.82, 2.24) is 15.5 Å². The first-order valence-electron chi connectivity index (χ1n) is 11.9. The lowest BCUT2D eigenvalue weighted by Crippen LogP contribution is -2.53. The maximum Gasteiger partial charge on any atom is 0.408 e. The molecule has 0 saturated heterocycles. The van der Waals surface area contributed by atoms with E-state index in [1.54, 1.807) is 32.9 Å². The third-order valence-electron chi connectivity index (χ3n) is 5.06. The molecule has 35 heavy (non-hydrogen) atoms. The molecule has 0 bridgehead atoms. The zero-order chi connectivity index (χ0) is 26.6. The molecule has 0 fully saturated rings. The Bertz CT molecular complexity index is 877. The smallest absolute Gasteiger partial charge is 0.408 e. The molecule has 2 unspecified atom stereocenters. The van der Waals surface area contributed by atoms with Gasteiger partial charge in [0.2, 0.25) is 17.7 Å². The summed E-state index contributed by atoms with van der Waals surface area (Å²) in [6.45, 7) is 13.3. The van der Waals surface area contributed by atoms with E-state index in [1.807, 2.05) is 26.0 Å². The molecule has 0 aliphatic heterocycles. The van der Waals surface area contributed by atoms with E-state index in [1.165, 1.54) is 11.0 Å². The monoisotopic (exact) mass is 488 g/mol. The topological polar surface area (TPSA) is 131 Å². The molecule has 1 rings (SSSR count). The quantitative estimate of drug-likeness (QED) is 0.290. The van der Waals surface area contributed by atoms with Crippen LogP contribution >= 0.6 is 0 Å². The van der Waals surface area contributed by atoms with Gasteiger partial charge < -0.3 is 26.0 Å². The molecule has 2 atom stereocenters. The van der Waals surface area contributed by atoms with Crippen molar-refractivity contribution in [3.05, 3.63) is 48.0 Å². The molecule has 0 saturated carbocycles. The van der Waals surface area contributed by atoms with Gasteiger partial charge in [0.1, 0.15) is 17.7 Å². The summed E-state index contributed by atoms with van der Waals surface area (Å²) in [7, 11) is 0. The Balaban J connectivity index is 3.37. The average Bonchev–Trinajstić information content (AvgIpc) is 2.76. The van der Waals surface area contributed by atoms with E-state index in [0.717, 1.165) is 18.4 Å². The minimum absolute atomic E-state index is 0.0425. The highest BCUT2D eigenvalue weighted by atomic mass is 16.6. The van der Waals surface area contributed by atoms with Gasteiger partial charge in [0.05, 0.1) is 0 Å². The number of rotatable bonds is 13. The summed E-state index contributed by atoms with van der Waals surface area (Å²) in [5.41, 5.74) is 6.14. The second kappa shape index (κ2) is 14.1. The van der Waals surface area contributed by atoms with Crippen LogP contribution in [-0.4, -0.2) is 53.4 Å². The van der Waals surface area contributed by atoms with Gasteiger partial charge in [0.25, 0.3) is 0 Å². The van der Waals surface area contributed by atoms with Crippen molar-refractivity contribution in [1.29, 1.82) is 0 Å². The van der Waals surface area contributed by atoms with Crippen molar-refractivity contribution < 1.29 is 23.9 Å². The van der Waals surface area contributed by atoms with Gasteiger partial charge in [-0.1, -0.05) is 49.2 Å². The van der Waals surface area contributed by atoms with E-state index in [2.05, 4.69) is 17.2 Å². The van der Waals surface area contributed by atoms with E-state index in [4.69, 9.17) is 10.5 Å². The number of aryl methyl sites for hydroxylation is 1. The number of unbranched alkanes of at least 4 members (excludes halogenated alkanes) is 1. The van der Waals surface area contributed by atoms with Crippen LogP contribution in [0.5, 0.6) is 0 Å². The van der Waals surface area contributed by atoms with Crippen LogP contribution in [0, 0.1) is 6.92 Å². The summed E-state index contributed by atoms with van der Waals surface area (Å²) in [6, 6.07) is 5.22. The Kier molecular flexibility index (Phi) is 12.0. The van der Waals surface area contributed by atoms with E-state index >= 15 is 0 Å². The molecule has 0 radical (unpaired) electrons. The van der Waals surface area contributed by atoms with Gasteiger partial charge in [0, 0.05) is 19.5 Å². The maximum atomic E-state index is 13.7. The standard InChI is InChI=1S/C26H40N4O5/c1-7-9-16-28-23(32)22(19-12-10-18(3)11-13-19)30(17-8-2)24(33)20(14-15-21(27)31)29-25(34)35-26(4,5)6/h8,10-13,20,22H,2,7,9,14-17H2,1,3-6H3,(H2,27,31)(H,28,32)(H,29,34). The van der Waals surface area contributed by atoms with Gasteiger partial charge in [-0.3, -0.25) is 14.4 Å². The number of alkyl carbamates (subject to hydrolysis) is 1. The van der Waals surface area contributed by atoms with Gasteiger partial charge in [-0.2, -0.15) is 0 Å². The maximum absolute atomic E-state index is 13.7. The summed E-state index contributed by atoms with van der Waals surface area (Å²) in [4.78, 5) is 52.3. The minimum atomic E-state index is -1.13. The minimum Gasteiger partial charge on any atom is -0.444 e. The normalized spacial score (nSPS) is 12.7. The number of benzene rings is 1. The summed E-state index contributed by atoms with van der Waals surface area (Å²) in [6.07, 6.45) is 2.23. The van der Waals surface area contributed by atoms with E-state index in [0.29, 0.717) is 12.1 Å². The molecule has 9 nitrogen and oxygen atoms in total. The average molecular weight is 489 g/mol. The van der Waals surface area contributed by atoms with Crippen molar-refractivity contribution in [3.8, 4) is 0 Å². The highest BCUT2D eigenvalue weighted by molar-refractivity contribution is 5.92. The number of carbonyl (C=O) groups excluding carboxylic acids is 4. The van der Waals surface area contributed by atoms with Crippen LogP contribution in [0.4, 0.5) is 4.79 Å². The Morgan fingerprint density at radius 2 is 1.80 bits per heavy atom. The Morgan fingerprint density at radius 1 is 1.17 bits per heavy atom. The van der Waals surface area contributed by atoms with Crippen LogP contribution in [0.25, 0.3) is 0 Å². The van der Waals surface area contributed by atoms with Crippen molar-refractivity contribution >= 4 is 23.8 Å². The number of nitrogens with zero attached hydrogens (tertiary/aromatic N) is 1. The molecule has 4 N–H and O–H groups in total. The van der Waals surface area contributed by atoms with Gasteiger partial charge >= 0.3 is 6.09 Å². The molecule has 0 heterocycles. The molecular weight excluding hydrogens is 448 g/mol. The third kappa shape index (κ3) is 10.6. The number of hydrogen-bond acceptors (Lipinski definition) is 5. The molecular formula is C26H40N4O5. The Morgan fingerprint density at radius 3 is 2.31 bits per heavy atom. The highest BCUT2D eigenvalue weighted by Gasteiger charge is 2.35. The number of nitrogens with one attached hydrogen (secondary N) is 2. The molecule has 0 aromatic heterocycles. The predicted octanol–water partition coefficient (Wildman–Crippen LogP) is 3.13. The summed E-state index contributed by atoms with van der Waals surface area (Å²) in [5, 5.41) is 5.45. The number of carbonyl (C=O) groups is 4. The number of amides is 4. The van der Waals surface area contributed by atoms with Crippen molar-refractivity contribution in [3.63, 3.8) is 0 Å². The van der Waals surface area contributed by atoms with Crippen LogP contribution < -0.4 is 16.4 Å². The van der Waals surface area contributed by atoms with Gasteiger partial charge in [-0.15, -0.1) is 6.58 Å². The molecule has 9 heteroatoms. The lowest BCUT2D eigenvalue weighted by atomic mass is 10.0. The predicted molar refractivity (Wildman–Crippen MR) is 135 cm³/mol. The zero-order valence-electron chi connectivity index (χ0n) is 21.6. The number of ether oxygens (including phenoxy) is 1. The fourth-order valence-corrected chi connectivity index (χ4v) is 3.36. The fourth-order valence-electron chi connectivity index (χ4n) is 3.36. The van der Waals surface area contributed by atoms with E-state index in [-0.39, 0.29) is 25.3 Å². The summed E-state index contributed by atoms with van der Waals surface area (Å²) in [5.74, 6) is -1.51. The molecule has 1 aromatic carbocycles. The third-order valence-corrected chi connectivity index (χ3v) is 5.06. The first-order chi connectivity index (χ1) is 16.4. The van der Waals surface area contributed by atoms with Crippen LogP contribution in [0.15, 0.2) is 36.9 Å². The second-order valence-electron chi connectivity index (χ2n) is 9.44. The van der Waals surface area contributed by atoms with Crippen molar-refractivity contribution in [2.45, 2.75) is 78.0 Å². The SMILES string of the molecule is C=CCN(C(=O)C(CCC(N)=O)NC(=O)OC(C)(C)C)C(C(=O)NCCCC)c1ccc(C)cc1. The first-order valence-corrected chi connectivity index (χ1v) is 11.9. The van der Waals surface area contributed by atoms with Crippen LogP contribution in [0.1, 0.15) is 70.5 Å². The van der Waals surface area contributed by atoms with Gasteiger partial charge in [0.15, 0.2) is 0 Å². The number of nitrogens with two attached hydrogens (primary N) is 1. The number of primary amides is 1. The van der Waals surface area contributed by atoms with Crippen molar-refractivity contribution in [2.75, 3.05) is 13.1 Å². The summed E-state index contributed by atoms with van der Waals surface area (Å²) < 4.78 is 5.30. The van der Waals surface area contributed by atoms with Gasteiger partial charge in [-0.05, 0) is 46.1 Å². The lowest BCUT2D eigenvalue weighted by Gasteiger charge is -2.34. The fraction of sp³-hybridized carbons (Fsp3) is 0.538. The molecule has 194 valence electrons. The molecule has 0 spiro atoms. The largest absolute Gasteiger partial charge is 0.444 e. The van der Waals surface area contributed by atoms with Crippen LogP contribution in [0.3, 0.4) is 0 Å². The van der Waals surface area contributed by atoms with Crippen molar-refractivity contribution in [2.24, 2.45) is 5.73 Å². The Hall–Kier alpha value is -3.36.